The van der Waals surface area contributed by atoms with Crippen LogP contribution in [0.5, 0.6) is 0 Å². The smallest absolute Gasteiger partial charge is 0.241 e. The average molecular weight is 368 g/mol. The lowest BCUT2D eigenvalue weighted by Gasteiger charge is -2.34. The molecule has 144 valence electrons. The monoisotopic (exact) mass is 368 g/mol. The van der Waals surface area contributed by atoms with Crippen molar-refractivity contribution >= 4 is 23.2 Å². The zero-order valence-corrected chi connectivity index (χ0v) is 16.0. The number of aryl methyl sites for hydroxylation is 1. The summed E-state index contributed by atoms with van der Waals surface area (Å²) < 4.78 is 0. The molecular formula is C20H28N6O. The van der Waals surface area contributed by atoms with Crippen LogP contribution in [-0.2, 0) is 4.79 Å². The maximum atomic E-state index is 12.6. The second kappa shape index (κ2) is 8.62. The lowest BCUT2D eigenvalue weighted by atomic mass is 10.0. The van der Waals surface area contributed by atoms with Gasteiger partial charge >= 0.3 is 0 Å². The first kappa shape index (κ1) is 18.8. The Morgan fingerprint density at radius 2 is 2.26 bits per heavy atom. The minimum Gasteiger partial charge on any atom is -0.385 e. The van der Waals surface area contributed by atoms with Crippen molar-refractivity contribution in [3.8, 4) is 0 Å². The van der Waals surface area contributed by atoms with Crippen LogP contribution < -0.4 is 16.4 Å². The molecule has 0 unspecified atom stereocenters. The van der Waals surface area contributed by atoms with E-state index in [2.05, 4.69) is 20.6 Å². The maximum Gasteiger partial charge on any atom is 0.241 e. The van der Waals surface area contributed by atoms with Crippen molar-refractivity contribution in [2.45, 2.75) is 25.8 Å². The summed E-state index contributed by atoms with van der Waals surface area (Å²) in [4.78, 5) is 21.8. The molecule has 0 radical (unpaired) electrons. The van der Waals surface area contributed by atoms with Gasteiger partial charge in [0.15, 0.2) is 0 Å². The molecule has 1 aromatic carbocycles. The van der Waals surface area contributed by atoms with Crippen LogP contribution in [0.2, 0.25) is 0 Å². The molecule has 3 rings (SSSR count). The van der Waals surface area contributed by atoms with Crippen LogP contribution in [0.4, 0.5) is 11.5 Å². The number of amidine groups is 1. The number of carbonyl (C=O) groups excluding carboxylic acids is 1. The van der Waals surface area contributed by atoms with Gasteiger partial charge in [0.25, 0.3) is 0 Å². The Kier molecular flexibility index (Phi) is 6.01. The van der Waals surface area contributed by atoms with Crippen molar-refractivity contribution in [1.29, 1.82) is 0 Å². The van der Waals surface area contributed by atoms with Gasteiger partial charge in [-0.15, -0.1) is 0 Å². The molecule has 1 aromatic heterocycles. The summed E-state index contributed by atoms with van der Waals surface area (Å²) >= 11 is 0. The number of amides is 1. The van der Waals surface area contributed by atoms with Gasteiger partial charge in [0.05, 0.1) is 12.1 Å². The summed E-state index contributed by atoms with van der Waals surface area (Å²) in [5.74, 6) is 1.46. The number of likely N-dealkylation sites (tertiary alicyclic amines) is 1. The predicted octanol–water partition coefficient (Wildman–Crippen LogP) is 1.97. The Labute approximate surface area is 160 Å². The summed E-state index contributed by atoms with van der Waals surface area (Å²) in [6.45, 7) is 3.79. The molecule has 5 N–H and O–H groups in total. The van der Waals surface area contributed by atoms with Crippen LogP contribution in [0, 0.1) is 6.92 Å². The van der Waals surface area contributed by atoms with Crippen LogP contribution in [0.3, 0.4) is 0 Å². The minimum atomic E-state index is 0.110. The molecule has 7 nitrogen and oxygen atoms in total. The number of nitrogens with one attached hydrogen (secondary N) is 3. The van der Waals surface area contributed by atoms with E-state index in [1.165, 1.54) is 5.56 Å². The van der Waals surface area contributed by atoms with Crippen LogP contribution in [-0.4, -0.2) is 54.4 Å². The first-order chi connectivity index (χ1) is 13.1. The number of hydrogen-bond donors (Lipinski definition) is 4. The lowest BCUT2D eigenvalue weighted by molar-refractivity contribution is -0.130. The number of aromatic amines is 1. The van der Waals surface area contributed by atoms with Gasteiger partial charge in [-0.1, -0.05) is 12.1 Å². The summed E-state index contributed by atoms with van der Waals surface area (Å²) in [5, 5.41) is 6.67. The SMILES string of the molecule is CN=C(N[C@H]1CCCN(C(=O)CNc2cccc(C)c2)C1)c1cc[nH]c1N. The van der Waals surface area contributed by atoms with Gasteiger partial charge in [0, 0.05) is 38.1 Å². The van der Waals surface area contributed by atoms with E-state index in [0.717, 1.165) is 36.5 Å². The van der Waals surface area contributed by atoms with Gasteiger partial charge in [-0.25, -0.2) is 0 Å². The number of rotatable bonds is 5. The molecule has 2 aromatic rings. The standard InChI is InChI=1S/C20H28N6O/c1-14-5-3-6-15(11-14)24-12-18(27)26-10-4-7-16(13-26)25-20(22-2)17-8-9-23-19(17)21/h3,5-6,8-9,11,16,23-24H,4,7,10,12-13,21H2,1-2H3,(H,22,25)/t16-/m0/s1. The Balaban J connectivity index is 1.55. The van der Waals surface area contributed by atoms with Crippen molar-refractivity contribution < 1.29 is 4.79 Å². The third-order valence-corrected chi connectivity index (χ3v) is 4.83. The molecule has 0 aliphatic carbocycles. The highest BCUT2D eigenvalue weighted by Crippen LogP contribution is 2.15. The van der Waals surface area contributed by atoms with E-state index < -0.39 is 0 Å². The Hall–Kier alpha value is -2.96. The van der Waals surface area contributed by atoms with E-state index in [-0.39, 0.29) is 11.9 Å². The molecule has 0 saturated carbocycles. The predicted molar refractivity (Wildman–Crippen MR) is 110 cm³/mol. The fraction of sp³-hybridized carbons (Fsp3) is 0.400. The average Bonchev–Trinajstić information content (AvgIpc) is 3.10. The molecule has 1 fully saturated rings. The number of nitrogens with two attached hydrogens (primary N) is 1. The number of nitrogens with zero attached hydrogens (tertiary/aromatic N) is 2. The van der Waals surface area contributed by atoms with Gasteiger partial charge in [0.1, 0.15) is 11.7 Å². The second-order valence-corrected chi connectivity index (χ2v) is 6.92. The largest absolute Gasteiger partial charge is 0.385 e. The number of carbonyl (C=O) groups is 1. The summed E-state index contributed by atoms with van der Waals surface area (Å²) in [5.41, 5.74) is 8.96. The first-order valence-corrected chi connectivity index (χ1v) is 9.31. The molecule has 2 heterocycles. The second-order valence-electron chi connectivity index (χ2n) is 6.92. The highest BCUT2D eigenvalue weighted by atomic mass is 16.2. The Bertz CT molecular complexity index is 812. The summed E-state index contributed by atoms with van der Waals surface area (Å²) in [6, 6.07) is 10.1. The van der Waals surface area contributed by atoms with E-state index in [4.69, 9.17) is 5.73 Å². The van der Waals surface area contributed by atoms with E-state index in [1.807, 2.05) is 42.2 Å². The molecule has 1 aliphatic rings. The summed E-state index contributed by atoms with van der Waals surface area (Å²) in [6.07, 6.45) is 3.76. The number of piperidine rings is 1. The van der Waals surface area contributed by atoms with Gasteiger partial charge in [-0.05, 0) is 43.5 Å². The number of benzene rings is 1. The zero-order valence-electron chi connectivity index (χ0n) is 16.0. The Morgan fingerprint density at radius 1 is 1.41 bits per heavy atom. The number of aliphatic imine (C=N–C) groups is 1. The number of aromatic nitrogens is 1. The van der Waals surface area contributed by atoms with Crippen LogP contribution in [0.1, 0.15) is 24.0 Å². The molecule has 1 amide bonds. The van der Waals surface area contributed by atoms with Crippen LogP contribution in [0.25, 0.3) is 0 Å². The fourth-order valence-electron chi connectivity index (χ4n) is 3.41. The number of H-pyrrole nitrogens is 1. The van der Waals surface area contributed by atoms with E-state index in [1.54, 1.807) is 13.2 Å². The Morgan fingerprint density at radius 3 is 2.96 bits per heavy atom. The van der Waals surface area contributed by atoms with Crippen molar-refractivity contribution in [2.24, 2.45) is 4.99 Å². The van der Waals surface area contributed by atoms with Gasteiger partial charge in [-0.2, -0.15) is 0 Å². The van der Waals surface area contributed by atoms with E-state index in [9.17, 15) is 4.79 Å². The van der Waals surface area contributed by atoms with Crippen LogP contribution >= 0.6 is 0 Å². The third kappa shape index (κ3) is 4.81. The number of nitrogen functional groups attached to an aromatic ring is 1. The number of hydrogen-bond acceptors (Lipinski definition) is 4. The molecule has 1 saturated heterocycles. The quantitative estimate of drug-likeness (QED) is 0.479. The van der Waals surface area contributed by atoms with Gasteiger partial charge in [-0.3, -0.25) is 9.79 Å². The maximum absolute atomic E-state index is 12.6. The highest BCUT2D eigenvalue weighted by molar-refractivity contribution is 6.02. The van der Waals surface area contributed by atoms with Crippen molar-refractivity contribution in [3.05, 3.63) is 47.7 Å². The molecular weight excluding hydrogens is 340 g/mol. The highest BCUT2D eigenvalue weighted by Gasteiger charge is 2.24. The number of anilines is 2. The van der Waals surface area contributed by atoms with Gasteiger partial charge in [0.2, 0.25) is 5.91 Å². The van der Waals surface area contributed by atoms with E-state index >= 15 is 0 Å². The van der Waals surface area contributed by atoms with Crippen molar-refractivity contribution in [1.82, 2.24) is 15.2 Å². The topological polar surface area (TPSA) is 98.5 Å². The first-order valence-electron chi connectivity index (χ1n) is 9.31. The van der Waals surface area contributed by atoms with Crippen molar-refractivity contribution in [2.75, 3.05) is 37.7 Å². The third-order valence-electron chi connectivity index (χ3n) is 4.83. The van der Waals surface area contributed by atoms with Crippen molar-refractivity contribution in [3.63, 3.8) is 0 Å². The summed E-state index contributed by atoms with van der Waals surface area (Å²) in [7, 11) is 1.74. The molecule has 27 heavy (non-hydrogen) atoms. The fourth-order valence-corrected chi connectivity index (χ4v) is 3.41. The molecule has 7 heteroatoms. The normalized spacial score (nSPS) is 17.6. The van der Waals surface area contributed by atoms with E-state index in [0.29, 0.717) is 18.9 Å². The lowest BCUT2D eigenvalue weighted by Crippen LogP contribution is -2.51. The van der Waals surface area contributed by atoms with Crippen LogP contribution in [0.15, 0.2) is 41.5 Å². The molecule has 0 spiro atoms. The molecule has 0 bridgehead atoms. The molecule has 1 aliphatic heterocycles. The van der Waals surface area contributed by atoms with Gasteiger partial charge < -0.3 is 26.3 Å². The zero-order chi connectivity index (χ0) is 19.2. The minimum absolute atomic E-state index is 0.110. The molecule has 1 atom stereocenters.